The Balaban J connectivity index is 2.27. The van der Waals surface area contributed by atoms with Crippen molar-refractivity contribution >= 4 is 55.4 Å². The Morgan fingerprint density at radius 2 is 1.24 bits per heavy atom. The number of carbonyl (C=O) groups excluding carboxylic acids is 2. The lowest BCUT2D eigenvalue weighted by atomic mass is 9.88. The molecular formula is C67H114O9Si4. The number of carbonyl (C=O) groups is 2. The number of ether oxygens (including phenoxy) is 2. The number of allylic oxidation sites excluding steroid dienone is 5. The molecular weight excluding hydrogens is 1060 g/mol. The Hall–Kier alpha value is -2.83. The summed E-state index contributed by atoms with van der Waals surface area (Å²) < 4.78 is 42.7. The number of aliphatic hydroxyl groups is 1. The normalized spacial score (nSPS) is 18.9. The maximum Gasteiger partial charge on any atom is 0.333 e. The van der Waals surface area contributed by atoms with E-state index in [0.717, 1.165) is 53.3 Å². The van der Waals surface area contributed by atoms with E-state index in [-0.39, 0.29) is 76.6 Å². The minimum atomic E-state index is -3.09. The van der Waals surface area contributed by atoms with Crippen molar-refractivity contribution in [1.29, 1.82) is 0 Å². The Labute approximate surface area is 493 Å². The number of hydrogen-bond donors (Lipinski definition) is 1. The van der Waals surface area contributed by atoms with E-state index >= 15 is 4.79 Å². The zero-order chi connectivity index (χ0) is 60.7. The summed E-state index contributed by atoms with van der Waals surface area (Å²) in [6.07, 6.45) is 7.84. The molecule has 80 heavy (non-hydrogen) atoms. The van der Waals surface area contributed by atoms with Crippen LogP contribution in [0.2, 0.25) is 59.4 Å². The molecule has 1 aliphatic rings. The van der Waals surface area contributed by atoms with E-state index in [1.54, 1.807) is 0 Å². The molecule has 1 fully saturated rings. The third-order valence-electron chi connectivity index (χ3n) is 18.3. The van der Waals surface area contributed by atoms with Gasteiger partial charge < -0.3 is 32.3 Å². The summed E-state index contributed by atoms with van der Waals surface area (Å²) in [6, 6.07) is 23.7. The van der Waals surface area contributed by atoms with Crippen LogP contribution in [0.5, 0.6) is 0 Å². The minimum Gasteiger partial charge on any atom is -0.457 e. The standard InChI is InChI=1S/C67H114O9Si4/c1-24-28-31-36-51(7)64(70)72-56(48-71-80(67(17,18)19,57-37-32-29-33-38-57)58-39-34-30-35-40-58)45-54(10)62(75-78(22,23)66(14,15)16)63(76-79(25-2,26-3)27-4)59(69)46-55(74-77(20,21)65(11,12)13)44-53(9)52(8)42-49(5)41-50(6)43-60-61(47-68)73-60/h24,29-30,32-40,42,50,53-56,60-63,68H,1,5,25-28,31,41,43-48H2,2-4,6-23H3/b51-36+,52-42+/t50-,53+,54-,55+,56-,60+,61+,62+,63+/m1/s1. The molecule has 1 heterocycles. The summed E-state index contributed by atoms with van der Waals surface area (Å²) in [5, 5.41) is 11.2. The summed E-state index contributed by atoms with van der Waals surface area (Å²) in [6.45, 7) is 55.2. The van der Waals surface area contributed by atoms with Gasteiger partial charge in [0, 0.05) is 12.0 Å². The van der Waals surface area contributed by atoms with E-state index in [4.69, 9.17) is 27.2 Å². The van der Waals surface area contributed by atoms with Crippen molar-refractivity contribution in [3.63, 3.8) is 0 Å². The summed E-state index contributed by atoms with van der Waals surface area (Å²) in [7, 11) is -10.6. The van der Waals surface area contributed by atoms with E-state index in [1.807, 2.05) is 31.2 Å². The topological polar surface area (TPSA) is 113 Å². The number of Topliss-reactive ketones (excluding diaryl/α,β-unsaturated/α-hetero) is 1. The Kier molecular flexibility index (Phi) is 27.5. The van der Waals surface area contributed by atoms with Crippen LogP contribution in [-0.2, 0) is 36.8 Å². The fourth-order valence-corrected chi connectivity index (χ4v) is 20.8. The molecule has 0 bridgehead atoms. The van der Waals surface area contributed by atoms with Gasteiger partial charge in [0.15, 0.2) is 30.7 Å². The molecule has 0 radical (unpaired) electrons. The van der Waals surface area contributed by atoms with Crippen molar-refractivity contribution in [1.82, 2.24) is 0 Å². The monoisotopic (exact) mass is 1170 g/mol. The number of benzene rings is 2. The molecule has 0 aliphatic carbocycles. The number of epoxide rings is 1. The second-order valence-corrected chi connectivity index (χ2v) is 46.4. The molecule has 2 aromatic carbocycles. The fourth-order valence-electron chi connectivity index (χ4n) is 10.7. The smallest absolute Gasteiger partial charge is 0.333 e. The average Bonchev–Trinajstić information content (AvgIpc) is 4.13. The first-order valence-corrected chi connectivity index (χ1v) is 40.7. The first kappa shape index (κ1) is 71.4. The first-order chi connectivity index (χ1) is 37.1. The minimum absolute atomic E-state index is 0.00476. The summed E-state index contributed by atoms with van der Waals surface area (Å²) in [5.41, 5.74) is 2.81. The molecule has 9 atom stereocenters. The van der Waals surface area contributed by atoms with Crippen molar-refractivity contribution in [2.75, 3.05) is 13.2 Å². The quantitative estimate of drug-likeness (QED) is 0.0137. The lowest BCUT2D eigenvalue weighted by Gasteiger charge is -2.46. The van der Waals surface area contributed by atoms with Crippen LogP contribution in [0, 0.1) is 17.8 Å². The molecule has 452 valence electrons. The number of esters is 1. The van der Waals surface area contributed by atoms with Gasteiger partial charge in [0.1, 0.15) is 18.3 Å². The number of rotatable bonds is 35. The van der Waals surface area contributed by atoms with Gasteiger partial charge in [-0.1, -0.05) is 200 Å². The van der Waals surface area contributed by atoms with Crippen molar-refractivity contribution < 1.29 is 41.9 Å². The van der Waals surface area contributed by atoms with Gasteiger partial charge >= 0.3 is 5.97 Å². The maximum absolute atomic E-state index is 16.1. The summed E-state index contributed by atoms with van der Waals surface area (Å²) in [4.78, 5) is 30.5. The zero-order valence-electron chi connectivity index (χ0n) is 54.3. The van der Waals surface area contributed by atoms with Gasteiger partial charge in [-0.25, -0.2) is 4.79 Å². The van der Waals surface area contributed by atoms with Gasteiger partial charge in [0.2, 0.25) is 0 Å². The maximum atomic E-state index is 16.1. The van der Waals surface area contributed by atoms with E-state index in [2.05, 4.69) is 205 Å². The predicted octanol–water partition coefficient (Wildman–Crippen LogP) is 16.2. The van der Waals surface area contributed by atoms with Crippen molar-refractivity contribution in [2.24, 2.45) is 17.8 Å². The van der Waals surface area contributed by atoms with Crippen molar-refractivity contribution in [3.8, 4) is 0 Å². The van der Waals surface area contributed by atoms with Gasteiger partial charge in [0.05, 0.1) is 31.5 Å². The molecule has 0 saturated carbocycles. The van der Waals surface area contributed by atoms with Gasteiger partial charge in [0.25, 0.3) is 8.32 Å². The highest BCUT2D eigenvalue weighted by Gasteiger charge is 2.52. The number of aliphatic hydroxyl groups excluding tert-OH is 1. The highest BCUT2D eigenvalue weighted by molar-refractivity contribution is 6.99. The Morgan fingerprint density at radius 3 is 1.70 bits per heavy atom. The number of ketones is 1. The largest absolute Gasteiger partial charge is 0.457 e. The molecule has 1 aliphatic heterocycles. The average molecular weight is 1180 g/mol. The number of unbranched alkanes of at least 4 members (excludes halogenated alkanes) is 1. The summed E-state index contributed by atoms with van der Waals surface area (Å²) in [5.74, 6) is -0.233. The zero-order valence-corrected chi connectivity index (χ0v) is 58.3. The molecule has 0 aromatic heterocycles. The molecule has 1 saturated heterocycles. The van der Waals surface area contributed by atoms with E-state index < -0.39 is 51.6 Å². The van der Waals surface area contributed by atoms with E-state index in [1.165, 1.54) is 5.57 Å². The van der Waals surface area contributed by atoms with Crippen LogP contribution in [0.25, 0.3) is 0 Å². The van der Waals surface area contributed by atoms with Crippen LogP contribution in [0.4, 0.5) is 0 Å². The molecule has 3 rings (SSSR count). The van der Waals surface area contributed by atoms with E-state index in [9.17, 15) is 9.90 Å². The molecule has 0 unspecified atom stereocenters. The van der Waals surface area contributed by atoms with Crippen LogP contribution < -0.4 is 10.4 Å². The van der Waals surface area contributed by atoms with Gasteiger partial charge in [-0.05, 0) is 140 Å². The molecule has 1 N–H and O–H groups in total. The lowest BCUT2D eigenvalue weighted by molar-refractivity contribution is -0.148. The van der Waals surface area contributed by atoms with Gasteiger partial charge in [-0.15, -0.1) is 6.58 Å². The summed E-state index contributed by atoms with van der Waals surface area (Å²) >= 11 is 0. The number of hydrogen-bond acceptors (Lipinski definition) is 9. The van der Waals surface area contributed by atoms with Crippen LogP contribution in [0.1, 0.15) is 163 Å². The molecule has 2 aromatic rings. The van der Waals surface area contributed by atoms with Gasteiger partial charge in [-0.2, -0.15) is 0 Å². The highest BCUT2D eigenvalue weighted by atomic mass is 28.4. The van der Waals surface area contributed by atoms with Crippen LogP contribution in [-0.4, -0.2) is 100.0 Å². The van der Waals surface area contributed by atoms with Crippen LogP contribution in [0.3, 0.4) is 0 Å². The molecule has 9 nitrogen and oxygen atoms in total. The second-order valence-electron chi connectivity index (χ2n) is 27.9. The van der Waals surface area contributed by atoms with Gasteiger partial charge in [-0.3, -0.25) is 4.79 Å². The first-order valence-electron chi connectivity index (χ1n) is 30.5. The van der Waals surface area contributed by atoms with Crippen LogP contribution in [0.15, 0.2) is 109 Å². The fraction of sp³-hybridized carbons (Fsp3) is 0.672. The molecule has 13 heteroatoms. The SMILES string of the molecule is C=CCC/C=C(\C)C(=O)O[C@@H](CO[Si](c1ccccc1)(c1ccccc1)C(C)(C)C)C[C@@H](C)[C@H](O[Si](C)(C)C(C)(C)C)[C@@H](O[Si](CC)(CC)CC)C(=O)C[C@H](C[C@H](C)/C(C)=C/C(=C)C[C@@H](C)C[C@@H]1O[C@H]1CO)O[Si](C)(C)C(C)(C)C. The Morgan fingerprint density at radius 1 is 0.713 bits per heavy atom. The van der Waals surface area contributed by atoms with Crippen molar-refractivity contribution in [3.05, 3.63) is 109 Å². The second kappa shape index (κ2) is 30.8. The third-order valence-corrected chi connectivity index (χ3v) is 36.9. The molecule has 0 spiro atoms. The van der Waals surface area contributed by atoms with E-state index in [0.29, 0.717) is 30.8 Å². The van der Waals surface area contributed by atoms with Crippen molar-refractivity contribution in [2.45, 2.75) is 259 Å². The predicted molar refractivity (Wildman–Crippen MR) is 347 cm³/mol. The third kappa shape index (κ3) is 20.2. The lowest BCUT2D eigenvalue weighted by Crippen LogP contribution is -2.67. The Bertz CT molecular complexity index is 2260. The highest BCUT2D eigenvalue weighted by Crippen LogP contribution is 2.43. The molecule has 0 amide bonds. The van der Waals surface area contributed by atoms with Crippen LogP contribution >= 0.6 is 0 Å².